The number of hydrogen-bond acceptors (Lipinski definition) is 5. The van der Waals surface area contributed by atoms with Crippen LogP contribution in [0, 0.1) is 10.1 Å². The second-order valence-corrected chi connectivity index (χ2v) is 5.64. The summed E-state index contributed by atoms with van der Waals surface area (Å²) in [6.45, 7) is 0. The monoisotopic (exact) mass is 352 g/mol. The molecule has 0 saturated heterocycles. The lowest BCUT2D eigenvalue weighted by Crippen LogP contribution is -2.29. The van der Waals surface area contributed by atoms with Gasteiger partial charge in [-0.2, -0.15) is 0 Å². The van der Waals surface area contributed by atoms with Crippen LogP contribution in [0.4, 0.5) is 10.5 Å². The molecule has 26 heavy (non-hydrogen) atoms. The number of aromatic hydroxyl groups is 1. The molecule has 0 saturated carbocycles. The Labute approximate surface area is 149 Å². The number of methoxy groups -OCH3 is 1. The zero-order valence-electron chi connectivity index (χ0n) is 13.9. The Hall–Kier alpha value is -3.61. The molecule has 7 heteroatoms. The molecule has 2 N–H and O–H groups in total. The Morgan fingerprint density at radius 3 is 2.65 bits per heavy atom. The van der Waals surface area contributed by atoms with Gasteiger partial charge in [-0.05, 0) is 22.4 Å². The molecule has 3 rings (SSSR count). The van der Waals surface area contributed by atoms with Crippen molar-refractivity contribution >= 4 is 22.6 Å². The Bertz CT molecular complexity index is 987. The van der Waals surface area contributed by atoms with Gasteiger partial charge in [-0.1, -0.05) is 42.5 Å². The average molecular weight is 352 g/mol. The lowest BCUT2D eigenvalue weighted by molar-refractivity contribution is -0.384. The second kappa shape index (κ2) is 7.10. The largest absolute Gasteiger partial charge is 0.508 e. The zero-order chi connectivity index (χ0) is 18.7. The van der Waals surface area contributed by atoms with Gasteiger partial charge < -0.3 is 15.2 Å². The molecule has 132 valence electrons. The fourth-order valence-electron chi connectivity index (χ4n) is 2.90. The van der Waals surface area contributed by atoms with E-state index in [9.17, 15) is 20.0 Å². The van der Waals surface area contributed by atoms with Crippen molar-refractivity contribution in [1.29, 1.82) is 0 Å². The van der Waals surface area contributed by atoms with Crippen molar-refractivity contribution in [3.05, 3.63) is 81.9 Å². The van der Waals surface area contributed by atoms with E-state index in [4.69, 9.17) is 0 Å². The normalized spacial score (nSPS) is 11.7. The highest BCUT2D eigenvalue weighted by atomic mass is 16.6. The highest BCUT2D eigenvalue weighted by molar-refractivity contribution is 5.89. The summed E-state index contributed by atoms with van der Waals surface area (Å²) in [6.07, 6.45) is -0.714. The third-order valence-corrected chi connectivity index (χ3v) is 4.10. The van der Waals surface area contributed by atoms with Crippen LogP contribution in [-0.2, 0) is 4.74 Å². The molecular formula is C19H16N2O5. The van der Waals surface area contributed by atoms with Crippen LogP contribution in [-0.4, -0.2) is 23.2 Å². The first kappa shape index (κ1) is 17.2. The third kappa shape index (κ3) is 3.27. The number of phenols is 1. The number of nitrogens with one attached hydrogen (secondary N) is 1. The molecule has 0 aliphatic heterocycles. The minimum atomic E-state index is -0.826. The van der Waals surface area contributed by atoms with Crippen molar-refractivity contribution in [2.75, 3.05) is 7.11 Å². The van der Waals surface area contributed by atoms with E-state index in [1.54, 1.807) is 12.1 Å². The van der Waals surface area contributed by atoms with Crippen LogP contribution in [0.5, 0.6) is 5.75 Å². The summed E-state index contributed by atoms with van der Waals surface area (Å²) in [5.74, 6) is -0.0309. The van der Waals surface area contributed by atoms with Gasteiger partial charge in [-0.3, -0.25) is 10.1 Å². The van der Waals surface area contributed by atoms with Gasteiger partial charge in [0.1, 0.15) is 5.75 Å². The van der Waals surface area contributed by atoms with E-state index in [0.29, 0.717) is 11.1 Å². The highest BCUT2D eigenvalue weighted by Crippen LogP contribution is 2.36. The molecule has 1 amide bonds. The summed E-state index contributed by atoms with van der Waals surface area (Å²) in [6, 6.07) is 15.7. The number of amides is 1. The van der Waals surface area contributed by atoms with Crippen LogP contribution in [0.3, 0.4) is 0 Å². The summed E-state index contributed by atoms with van der Waals surface area (Å²) in [5, 5.41) is 25.8. The van der Waals surface area contributed by atoms with Crippen molar-refractivity contribution in [2.24, 2.45) is 0 Å². The minimum absolute atomic E-state index is 0.0309. The van der Waals surface area contributed by atoms with Gasteiger partial charge in [-0.15, -0.1) is 0 Å². The topological polar surface area (TPSA) is 102 Å². The number of nitro groups is 1. The lowest BCUT2D eigenvalue weighted by atomic mass is 9.92. The Kier molecular flexibility index (Phi) is 4.70. The highest BCUT2D eigenvalue weighted by Gasteiger charge is 2.24. The number of nitrogens with zero attached hydrogens (tertiary/aromatic N) is 1. The van der Waals surface area contributed by atoms with Crippen LogP contribution in [0.25, 0.3) is 10.8 Å². The van der Waals surface area contributed by atoms with Crippen molar-refractivity contribution < 1.29 is 19.6 Å². The molecular weight excluding hydrogens is 336 g/mol. The number of hydrogen-bond donors (Lipinski definition) is 2. The molecule has 0 radical (unpaired) electrons. The van der Waals surface area contributed by atoms with E-state index in [2.05, 4.69) is 10.1 Å². The van der Waals surface area contributed by atoms with Gasteiger partial charge in [0.25, 0.3) is 5.69 Å². The number of benzene rings is 3. The number of non-ortho nitro benzene ring substituents is 1. The number of nitro benzene ring substituents is 1. The van der Waals surface area contributed by atoms with Crippen LogP contribution < -0.4 is 5.32 Å². The molecule has 7 nitrogen and oxygen atoms in total. The van der Waals surface area contributed by atoms with E-state index in [-0.39, 0.29) is 11.4 Å². The second-order valence-electron chi connectivity index (χ2n) is 5.64. The smallest absolute Gasteiger partial charge is 0.407 e. The van der Waals surface area contributed by atoms with Crippen LogP contribution in [0.1, 0.15) is 17.2 Å². The Morgan fingerprint density at radius 1 is 1.15 bits per heavy atom. The van der Waals surface area contributed by atoms with E-state index < -0.39 is 17.1 Å². The standard InChI is InChI=1S/C19H16N2O5/c1-26-19(23)20-18(13-6-4-7-14(11-13)21(24)25)17-15-8-3-2-5-12(15)9-10-16(17)22/h2-11,18,22H,1H3,(H,20,23). The number of ether oxygens (including phenoxy) is 1. The Morgan fingerprint density at radius 2 is 1.92 bits per heavy atom. The average Bonchev–Trinajstić information content (AvgIpc) is 2.66. The van der Waals surface area contributed by atoms with Gasteiger partial charge in [0.05, 0.1) is 18.1 Å². The van der Waals surface area contributed by atoms with Crippen molar-refractivity contribution in [1.82, 2.24) is 5.32 Å². The Balaban J connectivity index is 2.23. The maximum absolute atomic E-state index is 11.9. The number of rotatable bonds is 4. The fraction of sp³-hybridized carbons (Fsp3) is 0.105. The van der Waals surface area contributed by atoms with E-state index in [0.717, 1.165) is 10.8 Å². The molecule has 1 atom stereocenters. The number of phenolic OH excluding ortho intramolecular Hbond substituents is 1. The lowest BCUT2D eigenvalue weighted by Gasteiger charge is -2.21. The molecule has 1 unspecified atom stereocenters. The molecule has 0 fully saturated rings. The zero-order valence-corrected chi connectivity index (χ0v) is 13.9. The summed E-state index contributed by atoms with van der Waals surface area (Å²) < 4.78 is 4.69. The molecule has 0 heterocycles. The first-order chi connectivity index (χ1) is 12.5. The van der Waals surface area contributed by atoms with Gasteiger partial charge >= 0.3 is 6.09 Å². The third-order valence-electron chi connectivity index (χ3n) is 4.10. The van der Waals surface area contributed by atoms with Crippen molar-refractivity contribution in [3.63, 3.8) is 0 Å². The maximum atomic E-state index is 11.9. The molecule has 0 aliphatic carbocycles. The molecule has 0 aromatic heterocycles. The summed E-state index contributed by atoms with van der Waals surface area (Å²) >= 11 is 0. The van der Waals surface area contributed by atoms with Crippen LogP contribution in [0.2, 0.25) is 0 Å². The summed E-state index contributed by atoms with van der Waals surface area (Å²) in [4.78, 5) is 22.5. The quantitative estimate of drug-likeness (QED) is 0.548. The van der Waals surface area contributed by atoms with Crippen LogP contribution >= 0.6 is 0 Å². The van der Waals surface area contributed by atoms with E-state index in [1.165, 1.54) is 31.4 Å². The SMILES string of the molecule is COC(=O)NC(c1cccc([N+](=O)[O-])c1)c1c(O)ccc2ccccc12. The van der Waals surface area contributed by atoms with Gasteiger partial charge in [0, 0.05) is 17.7 Å². The number of fused-ring (bicyclic) bond motifs is 1. The van der Waals surface area contributed by atoms with Crippen molar-refractivity contribution in [2.45, 2.75) is 6.04 Å². The number of carbonyl (C=O) groups excluding carboxylic acids is 1. The molecule has 3 aromatic carbocycles. The molecule has 0 aliphatic rings. The predicted molar refractivity (Wildman–Crippen MR) is 96.1 cm³/mol. The van der Waals surface area contributed by atoms with Gasteiger partial charge in [0.2, 0.25) is 0 Å². The maximum Gasteiger partial charge on any atom is 0.407 e. The van der Waals surface area contributed by atoms with E-state index in [1.807, 2.05) is 24.3 Å². The molecule has 0 bridgehead atoms. The number of carbonyl (C=O) groups is 1. The van der Waals surface area contributed by atoms with Crippen LogP contribution in [0.15, 0.2) is 60.7 Å². The number of alkyl carbamates (subject to hydrolysis) is 1. The predicted octanol–water partition coefficient (Wildman–Crippen LogP) is 3.90. The first-order valence-corrected chi connectivity index (χ1v) is 7.80. The summed E-state index contributed by atoms with van der Waals surface area (Å²) in [7, 11) is 1.22. The molecule has 0 spiro atoms. The van der Waals surface area contributed by atoms with Crippen molar-refractivity contribution in [3.8, 4) is 5.75 Å². The van der Waals surface area contributed by atoms with E-state index >= 15 is 0 Å². The van der Waals surface area contributed by atoms with Gasteiger partial charge in [-0.25, -0.2) is 4.79 Å². The summed E-state index contributed by atoms with van der Waals surface area (Å²) in [5.41, 5.74) is 0.782. The fourth-order valence-corrected chi connectivity index (χ4v) is 2.90. The molecule has 3 aromatic rings. The van der Waals surface area contributed by atoms with Gasteiger partial charge in [0.15, 0.2) is 0 Å². The first-order valence-electron chi connectivity index (χ1n) is 7.80. The minimum Gasteiger partial charge on any atom is -0.508 e.